The lowest BCUT2D eigenvalue weighted by molar-refractivity contribution is -0.130. The van der Waals surface area contributed by atoms with Gasteiger partial charge >= 0.3 is 0 Å². The predicted octanol–water partition coefficient (Wildman–Crippen LogP) is 1.21. The van der Waals surface area contributed by atoms with Gasteiger partial charge in [0.2, 0.25) is 0 Å². The highest BCUT2D eigenvalue weighted by molar-refractivity contribution is 7.91. The minimum Gasteiger partial charge on any atom is -0.483 e. The number of ether oxygens (including phenoxy) is 1. The highest BCUT2D eigenvalue weighted by atomic mass is 32.2. The third kappa shape index (κ3) is 5.52. The first-order valence-corrected chi connectivity index (χ1v) is 10.3. The van der Waals surface area contributed by atoms with Crippen molar-refractivity contribution < 1.29 is 22.7 Å². The Morgan fingerprint density at radius 2 is 1.70 bits per heavy atom. The van der Waals surface area contributed by atoms with E-state index in [1.165, 1.54) is 13.1 Å². The van der Waals surface area contributed by atoms with Crippen LogP contribution in [-0.4, -0.2) is 44.7 Å². The zero-order chi connectivity index (χ0) is 20.0. The van der Waals surface area contributed by atoms with Gasteiger partial charge in [0.15, 0.2) is 6.61 Å². The van der Waals surface area contributed by atoms with Gasteiger partial charge in [-0.2, -0.15) is 4.31 Å². The molecule has 0 bridgehead atoms. The number of thiophene rings is 1. The van der Waals surface area contributed by atoms with Crippen molar-refractivity contribution in [3.05, 3.63) is 46.8 Å². The summed E-state index contributed by atoms with van der Waals surface area (Å²) >= 11 is 1.06. The lowest BCUT2D eigenvalue weighted by Gasteiger charge is -2.16. The lowest BCUT2D eigenvalue weighted by atomic mass is 10.1. The highest BCUT2D eigenvalue weighted by Gasteiger charge is 2.23. The van der Waals surface area contributed by atoms with Gasteiger partial charge in [-0.3, -0.25) is 20.4 Å². The minimum atomic E-state index is -3.73. The van der Waals surface area contributed by atoms with Crippen LogP contribution in [0.5, 0.6) is 5.75 Å². The average molecular weight is 412 g/mol. The number of nitrogens with one attached hydrogen (secondary N) is 2. The first kappa shape index (κ1) is 20.9. The van der Waals surface area contributed by atoms with E-state index in [4.69, 9.17) is 4.74 Å². The molecule has 8 nitrogen and oxygen atoms in total. The molecule has 2 amide bonds. The van der Waals surface area contributed by atoms with E-state index in [0.717, 1.165) is 26.8 Å². The summed E-state index contributed by atoms with van der Waals surface area (Å²) in [6.45, 7) is 3.02. The highest BCUT2D eigenvalue weighted by Crippen LogP contribution is 2.22. The predicted molar refractivity (Wildman–Crippen MR) is 102 cm³/mol. The molecule has 0 saturated heterocycles. The Bertz CT molecular complexity index is 890. The van der Waals surface area contributed by atoms with Gasteiger partial charge in [0.05, 0.1) is 6.54 Å². The largest absolute Gasteiger partial charge is 0.483 e. The molecule has 146 valence electrons. The molecule has 0 fully saturated rings. The molecule has 2 rings (SSSR count). The van der Waals surface area contributed by atoms with Crippen molar-refractivity contribution in [1.82, 2.24) is 15.2 Å². The lowest BCUT2D eigenvalue weighted by Crippen LogP contribution is -2.48. The first-order valence-electron chi connectivity index (χ1n) is 7.98. The van der Waals surface area contributed by atoms with Crippen LogP contribution in [0.4, 0.5) is 0 Å². The van der Waals surface area contributed by atoms with Crippen LogP contribution >= 0.6 is 11.3 Å². The van der Waals surface area contributed by atoms with Gasteiger partial charge in [-0.25, -0.2) is 8.42 Å². The molecule has 0 aliphatic carbocycles. The summed E-state index contributed by atoms with van der Waals surface area (Å²) in [7, 11) is -2.44. The van der Waals surface area contributed by atoms with Crippen molar-refractivity contribution in [2.45, 2.75) is 18.1 Å². The summed E-state index contributed by atoms with van der Waals surface area (Å²) < 4.78 is 31.0. The Kier molecular flexibility index (Phi) is 6.94. The number of carbonyl (C=O) groups excluding carboxylic acids is 2. The molecule has 0 aliphatic rings. The number of aryl methyl sites for hydroxylation is 2. The van der Waals surface area contributed by atoms with Gasteiger partial charge in [0.25, 0.3) is 21.8 Å². The van der Waals surface area contributed by atoms with Gasteiger partial charge in [0, 0.05) is 7.05 Å². The molecular weight excluding hydrogens is 390 g/mol. The number of hydrogen-bond donors (Lipinski definition) is 2. The van der Waals surface area contributed by atoms with Crippen LogP contribution in [-0.2, 0) is 19.6 Å². The van der Waals surface area contributed by atoms with E-state index in [1.807, 2.05) is 32.0 Å². The topological polar surface area (TPSA) is 105 Å². The van der Waals surface area contributed by atoms with E-state index in [9.17, 15) is 18.0 Å². The number of hydrogen-bond acceptors (Lipinski definition) is 6. The molecule has 0 spiro atoms. The van der Waals surface area contributed by atoms with Crippen LogP contribution in [0.15, 0.2) is 39.9 Å². The van der Waals surface area contributed by atoms with Crippen LogP contribution in [0.25, 0.3) is 0 Å². The maximum absolute atomic E-state index is 12.2. The van der Waals surface area contributed by atoms with Gasteiger partial charge < -0.3 is 4.74 Å². The van der Waals surface area contributed by atoms with Crippen molar-refractivity contribution in [3.63, 3.8) is 0 Å². The summed E-state index contributed by atoms with van der Waals surface area (Å²) in [6, 6.07) is 8.69. The molecule has 10 heteroatoms. The standard InChI is InChI=1S/C17H21N3O5S2/c1-12-6-4-7-13(2)17(12)25-11-15(22)19-18-14(21)10-20(3)27(23,24)16-8-5-9-26-16/h4-9H,10-11H2,1-3H3,(H,18,21)(H,19,22). The van der Waals surface area contributed by atoms with E-state index in [-0.39, 0.29) is 10.8 Å². The van der Waals surface area contributed by atoms with Crippen LogP contribution < -0.4 is 15.6 Å². The minimum absolute atomic E-state index is 0.142. The summed E-state index contributed by atoms with van der Waals surface area (Å²) in [5.41, 5.74) is 6.17. The zero-order valence-corrected chi connectivity index (χ0v) is 16.8. The van der Waals surface area contributed by atoms with Crippen LogP contribution in [0.3, 0.4) is 0 Å². The molecule has 0 unspecified atom stereocenters. The summed E-state index contributed by atoms with van der Waals surface area (Å²) in [6.07, 6.45) is 0. The Morgan fingerprint density at radius 3 is 2.30 bits per heavy atom. The summed E-state index contributed by atoms with van der Waals surface area (Å²) in [4.78, 5) is 23.7. The maximum atomic E-state index is 12.2. The van der Waals surface area contributed by atoms with Crippen LogP contribution in [0, 0.1) is 13.8 Å². The number of sulfonamides is 1. The third-order valence-electron chi connectivity index (χ3n) is 3.62. The third-order valence-corrected chi connectivity index (χ3v) is 6.80. The summed E-state index contributed by atoms with van der Waals surface area (Å²) in [5, 5.41) is 1.64. The molecule has 1 heterocycles. The fourth-order valence-corrected chi connectivity index (χ4v) is 4.56. The number of rotatable bonds is 7. The van der Waals surface area contributed by atoms with Crippen molar-refractivity contribution in [1.29, 1.82) is 0 Å². The molecule has 0 aliphatic heterocycles. The van der Waals surface area contributed by atoms with Gasteiger partial charge in [-0.15, -0.1) is 11.3 Å². The molecule has 27 heavy (non-hydrogen) atoms. The number of carbonyl (C=O) groups is 2. The van der Waals surface area contributed by atoms with Crippen molar-refractivity contribution in [2.75, 3.05) is 20.2 Å². The number of hydrazine groups is 1. The summed E-state index contributed by atoms with van der Waals surface area (Å²) in [5.74, 6) is -0.617. The van der Waals surface area contributed by atoms with Gasteiger partial charge in [-0.1, -0.05) is 24.3 Å². The number of likely N-dealkylation sites (N-methyl/N-ethyl adjacent to an activating group) is 1. The maximum Gasteiger partial charge on any atom is 0.276 e. The Morgan fingerprint density at radius 1 is 1.07 bits per heavy atom. The second-order valence-electron chi connectivity index (χ2n) is 5.80. The average Bonchev–Trinajstić information content (AvgIpc) is 3.15. The molecule has 2 N–H and O–H groups in total. The number of nitrogens with zero attached hydrogens (tertiary/aromatic N) is 1. The molecule has 1 aromatic heterocycles. The van der Waals surface area contributed by atoms with E-state index in [2.05, 4.69) is 10.9 Å². The SMILES string of the molecule is Cc1cccc(C)c1OCC(=O)NNC(=O)CN(C)S(=O)(=O)c1cccs1. The number of benzene rings is 1. The fraction of sp³-hybridized carbons (Fsp3) is 0.294. The molecular formula is C17H21N3O5S2. The second-order valence-corrected chi connectivity index (χ2v) is 9.02. The van der Waals surface area contributed by atoms with Crippen LogP contribution in [0.2, 0.25) is 0 Å². The van der Waals surface area contributed by atoms with Gasteiger partial charge in [-0.05, 0) is 36.4 Å². The first-order chi connectivity index (χ1) is 12.7. The van der Waals surface area contributed by atoms with Crippen molar-refractivity contribution in [2.24, 2.45) is 0 Å². The van der Waals surface area contributed by atoms with E-state index in [1.54, 1.807) is 11.4 Å². The molecule has 2 aromatic rings. The van der Waals surface area contributed by atoms with E-state index < -0.39 is 28.4 Å². The van der Waals surface area contributed by atoms with E-state index in [0.29, 0.717) is 5.75 Å². The van der Waals surface area contributed by atoms with Gasteiger partial charge in [0.1, 0.15) is 9.96 Å². The van der Waals surface area contributed by atoms with Crippen LogP contribution in [0.1, 0.15) is 11.1 Å². The van der Waals surface area contributed by atoms with E-state index >= 15 is 0 Å². The molecule has 0 atom stereocenters. The molecule has 0 saturated carbocycles. The molecule has 1 aromatic carbocycles. The fourth-order valence-electron chi connectivity index (χ4n) is 2.23. The molecule has 0 radical (unpaired) electrons. The number of amides is 2. The Labute approximate surface area is 162 Å². The smallest absolute Gasteiger partial charge is 0.276 e. The zero-order valence-electron chi connectivity index (χ0n) is 15.2. The normalized spacial score (nSPS) is 11.3. The number of para-hydroxylation sites is 1. The Balaban J connectivity index is 1.80. The Hall–Kier alpha value is -2.43. The quantitative estimate of drug-likeness (QED) is 0.667. The van der Waals surface area contributed by atoms with Crippen molar-refractivity contribution >= 4 is 33.2 Å². The second kappa shape index (κ2) is 8.98. The van der Waals surface area contributed by atoms with Crippen molar-refractivity contribution in [3.8, 4) is 5.75 Å². The monoisotopic (exact) mass is 411 g/mol.